The highest BCUT2D eigenvalue weighted by atomic mass is 35.5. The van der Waals surface area contributed by atoms with Crippen LogP contribution in [-0.4, -0.2) is 27.1 Å². The summed E-state index contributed by atoms with van der Waals surface area (Å²) in [5.74, 6) is -0.408. The van der Waals surface area contributed by atoms with Gasteiger partial charge in [-0.05, 0) is 48.7 Å². The van der Waals surface area contributed by atoms with Gasteiger partial charge in [-0.25, -0.2) is 8.42 Å². The van der Waals surface area contributed by atoms with Crippen molar-refractivity contribution in [2.75, 3.05) is 17.1 Å². The summed E-state index contributed by atoms with van der Waals surface area (Å²) in [5.41, 5.74) is 4.04. The van der Waals surface area contributed by atoms with Gasteiger partial charge in [0, 0.05) is 5.02 Å². The van der Waals surface area contributed by atoms with Crippen molar-refractivity contribution < 1.29 is 13.2 Å². The molecule has 1 N–H and O–H groups in total. The van der Waals surface area contributed by atoms with Crippen molar-refractivity contribution in [3.63, 3.8) is 0 Å². The molecule has 3 aromatic rings. The molecule has 3 aromatic carbocycles. The van der Waals surface area contributed by atoms with E-state index in [0.717, 1.165) is 27.3 Å². The van der Waals surface area contributed by atoms with Gasteiger partial charge >= 0.3 is 0 Å². The van der Waals surface area contributed by atoms with E-state index in [1.165, 1.54) is 0 Å². The van der Waals surface area contributed by atoms with Gasteiger partial charge in [-0.1, -0.05) is 71.8 Å². The van der Waals surface area contributed by atoms with Crippen LogP contribution in [-0.2, 0) is 14.8 Å². The molecule has 0 fully saturated rings. The van der Waals surface area contributed by atoms with Gasteiger partial charge in [0.15, 0.2) is 0 Å². The van der Waals surface area contributed by atoms with Crippen LogP contribution in [0.25, 0.3) is 0 Å². The van der Waals surface area contributed by atoms with E-state index < -0.39 is 22.0 Å². The Morgan fingerprint density at radius 3 is 2.16 bits per heavy atom. The molecular weight excluding hydrogens is 432 g/mol. The number of hydrogen-bond acceptors (Lipinski definition) is 3. The van der Waals surface area contributed by atoms with Crippen molar-refractivity contribution in [1.29, 1.82) is 0 Å². The molecule has 7 heteroatoms. The Bertz CT molecular complexity index is 1160. The lowest BCUT2D eigenvalue weighted by Crippen LogP contribution is -2.42. The van der Waals surface area contributed by atoms with Crippen LogP contribution in [0.15, 0.2) is 72.8 Å². The predicted molar refractivity (Wildman–Crippen MR) is 126 cm³/mol. The van der Waals surface area contributed by atoms with Gasteiger partial charge in [0.2, 0.25) is 15.9 Å². The minimum atomic E-state index is -3.69. The number of nitrogens with one attached hydrogen (secondary N) is 1. The first kappa shape index (κ1) is 22.8. The van der Waals surface area contributed by atoms with Crippen molar-refractivity contribution in [3.05, 3.63) is 100 Å². The fourth-order valence-electron chi connectivity index (χ4n) is 3.38. The Balaban J connectivity index is 1.90. The minimum absolute atomic E-state index is 0.337. The number of amides is 1. The van der Waals surface area contributed by atoms with Gasteiger partial charge in [0.05, 0.1) is 18.0 Å². The average Bonchev–Trinajstić information content (AvgIpc) is 2.71. The van der Waals surface area contributed by atoms with E-state index in [1.54, 1.807) is 25.1 Å². The van der Waals surface area contributed by atoms with Crippen LogP contribution in [0, 0.1) is 13.8 Å². The third-order valence-corrected chi connectivity index (χ3v) is 6.33. The minimum Gasteiger partial charge on any atom is -0.344 e. The normalized spacial score (nSPS) is 12.3. The summed E-state index contributed by atoms with van der Waals surface area (Å²) in [6.07, 6.45) is 1.09. The number of sulfonamides is 1. The van der Waals surface area contributed by atoms with Crippen LogP contribution in [0.1, 0.15) is 28.3 Å². The first-order chi connectivity index (χ1) is 14.6. The van der Waals surface area contributed by atoms with E-state index in [2.05, 4.69) is 5.32 Å². The Hall–Kier alpha value is -2.83. The summed E-state index contributed by atoms with van der Waals surface area (Å²) in [6.45, 7) is 3.42. The van der Waals surface area contributed by atoms with Gasteiger partial charge in [0.25, 0.3) is 0 Å². The van der Waals surface area contributed by atoms with Gasteiger partial charge in [0.1, 0.15) is 6.54 Å². The zero-order chi connectivity index (χ0) is 22.6. The zero-order valence-corrected chi connectivity index (χ0v) is 19.2. The molecule has 31 heavy (non-hydrogen) atoms. The van der Waals surface area contributed by atoms with Crippen molar-refractivity contribution in [1.82, 2.24) is 5.32 Å². The van der Waals surface area contributed by atoms with Crippen LogP contribution in [0.2, 0.25) is 5.02 Å². The summed E-state index contributed by atoms with van der Waals surface area (Å²) in [7, 11) is -3.69. The van der Waals surface area contributed by atoms with Crippen LogP contribution in [0.3, 0.4) is 0 Å². The van der Waals surface area contributed by atoms with E-state index in [0.29, 0.717) is 16.3 Å². The quantitative estimate of drug-likeness (QED) is 0.563. The average molecular weight is 457 g/mol. The molecule has 0 aliphatic rings. The second kappa shape index (κ2) is 9.54. The number of carbonyl (C=O) groups is 1. The summed E-state index contributed by atoms with van der Waals surface area (Å²) in [6, 6.07) is 22.0. The number of hydrogen-bond donors (Lipinski definition) is 1. The highest BCUT2D eigenvalue weighted by molar-refractivity contribution is 7.92. The van der Waals surface area contributed by atoms with E-state index >= 15 is 0 Å². The fourth-order valence-corrected chi connectivity index (χ4v) is 4.52. The molecular formula is C24H25ClN2O3S. The van der Waals surface area contributed by atoms with Crippen molar-refractivity contribution in [3.8, 4) is 0 Å². The van der Waals surface area contributed by atoms with Crippen molar-refractivity contribution >= 4 is 33.2 Å². The number of carbonyl (C=O) groups excluding carboxylic acids is 1. The number of rotatable bonds is 7. The molecule has 0 bridgehead atoms. The van der Waals surface area contributed by atoms with E-state index in [1.807, 2.05) is 61.5 Å². The molecule has 162 valence electrons. The lowest BCUT2D eigenvalue weighted by atomic mass is 9.98. The second-order valence-corrected chi connectivity index (χ2v) is 9.87. The Morgan fingerprint density at radius 1 is 0.968 bits per heavy atom. The molecule has 0 heterocycles. The highest BCUT2D eigenvalue weighted by Gasteiger charge is 2.24. The Morgan fingerprint density at radius 2 is 1.58 bits per heavy atom. The molecule has 1 unspecified atom stereocenters. The summed E-state index contributed by atoms with van der Waals surface area (Å²) in [4.78, 5) is 13.0. The van der Waals surface area contributed by atoms with Crippen LogP contribution in [0.4, 0.5) is 5.69 Å². The Labute approximate surface area is 188 Å². The van der Waals surface area contributed by atoms with Crippen LogP contribution < -0.4 is 9.62 Å². The largest absolute Gasteiger partial charge is 0.344 e. The standard InChI is InChI=1S/C24H25ClN2O3S/c1-17-9-11-20(12-10-17)24(19-7-5-4-6-8-19)26-23(28)16-27(31(3,29)30)22-14-13-21(25)15-18(22)2/h4-15,24H,16H2,1-3H3,(H,26,28). The molecule has 0 spiro atoms. The summed E-state index contributed by atoms with van der Waals surface area (Å²) in [5, 5.41) is 3.50. The molecule has 1 atom stereocenters. The third-order valence-electron chi connectivity index (χ3n) is 4.96. The first-order valence-corrected chi connectivity index (χ1v) is 12.0. The first-order valence-electron chi connectivity index (χ1n) is 9.80. The summed E-state index contributed by atoms with van der Waals surface area (Å²) >= 11 is 6.01. The lowest BCUT2D eigenvalue weighted by molar-refractivity contribution is -0.120. The SMILES string of the molecule is Cc1ccc(C(NC(=O)CN(c2ccc(Cl)cc2C)S(C)(=O)=O)c2ccccc2)cc1. The second-order valence-electron chi connectivity index (χ2n) is 7.52. The number of aryl methyl sites for hydroxylation is 2. The zero-order valence-electron chi connectivity index (χ0n) is 17.7. The molecule has 3 rings (SSSR count). The molecule has 0 aliphatic heterocycles. The molecule has 0 aromatic heterocycles. The highest BCUT2D eigenvalue weighted by Crippen LogP contribution is 2.26. The van der Waals surface area contributed by atoms with Gasteiger partial charge in [-0.15, -0.1) is 0 Å². The van der Waals surface area contributed by atoms with E-state index in [4.69, 9.17) is 11.6 Å². The van der Waals surface area contributed by atoms with Gasteiger partial charge in [-0.3, -0.25) is 9.10 Å². The van der Waals surface area contributed by atoms with E-state index in [-0.39, 0.29) is 6.54 Å². The number of benzene rings is 3. The van der Waals surface area contributed by atoms with E-state index in [9.17, 15) is 13.2 Å². The maximum atomic E-state index is 13.0. The van der Waals surface area contributed by atoms with Crippen molar-refractivity contribution in [2.45, 2.75) is 19.9 Å². The lowest BCUT2D eigenvalue weighted by Gasteiger charge is -2.26. The maximum absolute atomic E-state index is 13.0. The number of halogens is 1. The predicted octanol–water partition coefficient (Wildman–Crippen LogP) is 4.63. The number of nitrogens with zero attached hydrogens (tertiary/aromatic N) is 1. The third kappa shape index (κ3) is 5.87. The molecule has 0 saturated carbocycles. The molecule has 0 saturated heterocycles. The van der Waals surface area contributed by atoms with Gasteiger partial charge in [-0.2, -0.15) is 0 Å². The maximum Gasteiger partial charge on any atom is 0.241 e. The molecule has 0 aliphatic carbocycles. The fraction of sp³-hybridized carbons (Fsp3) is 0.208. The molecule has 5 nitrogen and oxygen atoms in total. The monoisotopic (exact) mass is 456 g/mol. The Kier molecular flexibility index (Phi) is 7.03. The number of anilines is 1. The topological polar surface area (TPSA) is 66.5 Å². The van der Waals surface area contributed by atoms with Gasteiger partial charge < -0.3 is 5.32 Å². The summed E-state index contributed by atoms with van der Waals surface area (Å²) < 4.78 is 26.1. The van der Waals surface area contributed by atoms with Crippen molar-refractivity contribution in [2.24, 2.45) is 0 Å². The molecule has 1 amide bonds. The van der Waals surface area contributed by atoms with Crippen LogP contribution >= 0.6 is 11.6 Å². The smallest absolute Gasteiger partial charge is 0.241 e. The molecule has 0 radical (unpaired) electrons. The van der Waals surface area contributed by atoms with Crippen LogP contribution in [0.5, 0.6) is 0 Å².